The van der Waals surface area contributed by atoms with Crippen LogP contribution in [0.25, 0.3) is 0 Å². The van der Waals surface area contributed by atoms with E-state index in [0.717, 1.165) is 18.5 Å². The highest BCUT2D eigenvalue weighted by molar-refractivity contribution is 6.08. The van der Waals surface area contributed by atoms with E-state index in [9.17, 15) is 4.79 Å². The van der Waals surface area contributed by atoms with Gasteiger partial charge in [-0.2, -0.15) is 0 Å². The molecule has 0 spiro atoms. The summed E-state index contributed by atoms with van der Waals surface area (Å²) < 4.78 is 7.16. The van der Waals surface area contributed by atoms with E-state index in [-0.39, 0.29) is 5.78 Å². The van der Waals surface area contributed by atoms with E-state index in [1.54, 1.807) is 19.4 Å². The minimum absolute atomic E-state index is 0.102. The van der Waals surface area contributed by atoms with Crippen LogP contribution in [0.2, 0.25) is 0 Å². The van der Waals surface area contributed by atoms with Crippen molar-refractivity contribution in [2.24, 2.45) is 0 Å². The van der Waals surface area contributed by atoms with Crippen molar-refractivity contribution in [3.05, 3.63) is 47.5 Å². The Morgan fingerprint density at radius 2 is 2.21 bits per heavy atom. The van der Waals surface area contributed by atoms with E-state index in [4.69, 9.17) is 4.74 Å². The van der Waals surface area contributed by atoms with Gasteiger partial charge < -0.3 is 9.30 Å². The SMILES string of the molecule is CCCn1ccnc1C(=O)c1ccc(C)cc1OC. The smallest absolute Gasteiger partial charge is 0.232 e. The summed E-state index contributed by atoms with van der Waals surface area (Å²) in [6.45, 7) is 4.82. The van der Waals surface area contributed by atoms with E-state index in [2.05, 4.69) is 11.9 Å². The molecule has 0 radical (unpaired) electrons. The summed E-state index contributed by atoms with van der Waals surface area (Å²) in [5.74, 6) is 0.954. The van der Waals surface area contributed by atoms with E-state index in [1.807, 2.05) is 29.8 Å². The van der Waals surface area contributed by atoms with Crippen molar-refractivity contribution in [1.82, 2.24) is 9.55 Å². The first-order chi connectivity index (χ1) is 9.17. The number of hydrogen-bond acceptors (Lipinski definition) is 3. The molecule has 0 saturated carbocycles. The molecule has 0 N–H and O–H groups in total. The number of ketones is 1. The third-order valence-electron chi connectivity index (χ3n) is 2.98. The van der Waals surface area contributed by atoms with Gasteiger partial charge in [-0.15, -0.1) is 0 Å². The summed E-state index contributed by atoms with van der Waals surface area (Å²) in [7, 11) is 1.57. The molecule has 0 saturated heterocycles. The van der Waals surface area contributed by atoms with E-state index in [0.29, 0.717) is 17.1 Å². The Labute approximate surface area is 113 Å². The van der Waals surface area contributed by atoms with Gasteiger partial charge in [-0.05, 0) is 31.0 Å². The molecule has 0 unspecified atom stereocenters. The maximum atomic E-state index is 12.5. The summed E-state index contributed by atoms with van der Waals surface area (Å²) >= 11 is 0. The van der Waals surface area contributed by atoms with Gasteiger partial charge in [-0.3, -0.25) is 4.79 Å². The minimum Gasteiger partial charge on any atom is -0.496 e. The lowest BCUT2D eigenvalue weighted by Gasteiger charge is -2.09. The second-order valence-electron chi connectivity index (χ2n) is 4.48. The lowest BCUT2D eigenvalue weighted by atomic mass is 10.1. The molecule has 1 heterocycles. The Kier molecular flexibility index (Phi) is 4.00. The molecule has 4 heteroatoms. The number of carbonyl (C=O) groups excluding carboxylic acids is 1. The Hall–Kier alpha value is -2.10. The molecule has 0 aliphatic heterocycles. The van der Waals surface area contributed by atoms with E-state index < -0.39 is 0 Å². The molecule has 0 amide bonds. The van der Waals surface area contributed by atoms with Crippen molar-refractivity contribution in [2.75, 3.05) is 7.11 Å². The Morgan fingerprint density at radius 1 is 1.42 bits per heavy atom. The molecule has 1 aromatic heterocycles. The Bertz CT molecular complexity index is 588. The molecular formula is C15H18N2O2. The summed E-state index contributed by atoms with van der Waals surface area (Å²) in [6, 6.07) is 5.56. The zero-order chi connectivity index (χ0) is 13.8. The molecule has 19 heavy (non-hydrogen) atoms. The van der Waals surface area contributed by atoms with Crippen molar-refractivity contribution >= 4 is 5.78 Å². The van der Waals surface area contributed by atoms with Crippen molar-refractivity contribution in [3.63, 3.8) is 0 Å². The summed E-state index contributed by atoms with van der Waals surface area (Å²) in [6.07, 6.45) is 4.45. The second-order valence-corrected chi connectivity index (χ2v) is 4.48. The number of hydrogen-bond donors (Lipinski definition) is 0. The zero-order valence-corrected chi connectivity index (χ0v) is 11.5. The molecule has 2 rings (SSSR count). The van der Waals surface area contributed by atoms with Crippen LogP contribution in [0.1, 0.15) is 35.1 Å². The van der Waals surface area contributed by atoms with Crippen LogP contribution in [0.3, 0.4) is 0 Å². The number of aryl methyl sites for hydroxylation is 2. The highest BCUT2D eigenvalue weighted by Crippen LogP contribution is 2.22. The predicted octanol–water partition coefficient (Wildman–Crippen LogP) is 2.84. The predicted molar refractivity (Wildman–Crippen MR) is 73.7 cm³/mol. The maximum absolute atomic E-state index is 12.5. The average molecular weight is 258 g/mol. The summed E-state index contributed by atoms with van der Waals surface area (Å²) in [4.78, 5) is 16.7. The van der Waals surface area contributed by atoms with Crippen LogP contribution in [-0.4, -0.2) is 22.4 Å². The first kappa shape index (κ1) is 13.3. The first-order valence-corrected chi connectivity index (χ1v) is 6.37. The molecule has 0 aliphatic carbocycles. The van der Waals surface area contributed by atoms with Crippen molar-refractivity contribution in [1.29, 1.82) is 0 Å². The number of aromatic nitrogens is 2. The van der Waals surface area contributed by atoms with Crippen LogP contribution in [0, 0.1) is 6.92 Å². The molecule has 0 fully saturated rings. The first-order valence-electron chi connectivity index (χ1n) is 6.37. The number of imidazole rings is 1. The van der Waals surface area contributed by atoms with Gasteiger partial charge in [0.15, 0.2) is 5.82 Å². The normalized spacial score (nSPS) is 10.5. The van der Waals surface area contributed by atoms with Crippen LogP contribution in [0.4, 0.5) is 0 Å². The molecule has 2 aromatic rings. The largest absolute Gasteiger partial charge is 0.496 e. The van der Waals surface area contributed by atoms with Gasteiger partial charge in [0.2, 0.25) is 5.78 Å². The van der Waals surface area contributed by atoms with Gasteiger partial charge in [0.05, 0.1) is 12.7 Å². The zero-order valence-electron chi connectivity index (χ0n) is 11.5. The number of methoxy groups -OCH3 is 1. The van der Waals surface area contributed by atoms with Crippen LogP contribution in [0.5, 0.6) is 5.75 Å². The van der Waals surface area contributed by atoms with Gasteiger partial charge in [0, 0.05) is 18.9 Å². The van der Waals surface area contributed by atoms with Crippen LogP contribution < -0.4 is 4.74 Å². The van der Waals surface area contributed by atoms with E-state index in [1.165, 1.54) is 0 Å². The fourth-order valence-corrected chi connectivity index (χ4v) is 2.05. The Morgan fingerprint density at radius 3 is 2.89 bits per heavy atom. The third kappa shape index (κ3) is 2.67. The summed E-state index contributed by atoms with van der Waals surface area (Å²) in [5, 5.41) is 0. The van der Waals surface area contributed by atoms with Gasteiger partial charge in [-0.25, -0.2) is 4.98 Å². The molecule has 4 nitrogen and oxygen atoms in total. The second kappa shape index (κ2) is 5.69. The number of carbonyl (C=O) groups is 1. The molecule has 1 aromatic carbocycles. The maximum Gasteiger partial charge on any atom is 0.232 e. The number of ether oxygens (including phenoxy) is 1. The monoisotopic (exact) mass is 258 g/mol. The fraction of sp³-hybridized carbons (Fsp3) is 0.333. The topological polar surface area (TPSA) is 44.1 Å². The number of nitrogens with zero attached hydrogens (tertiary/aromatic N) is 2. The Balaban J connectivity index is 2.41. The lowest BCUT2D eigenvalue weighted by Crippen LogP contribution is -2.12. The van der Waals surface area contributed by atoms with Crippen LogP contribution >= 0.6 is 0 Å². The molecule has 0 aliphatic rings. The molecule has 0 atom stereocenters. The molecule has 0 bridgehead atoms. The summed E-state index contributed by atoms with van der Waals surface area (Å²) in [5.41, 5.74) is 1.61. The quantitative estimate of drug-likeness (QED) is 0.775. The van der Waals surface area contributed by atoms with Crippen molar-refractivity contribution in [2.45, 2.75) is 26.8 Å². The van der Waals surface area contributed by atoms with E-state index >= 15 is 0 Å². The van der Waals surface area contributed by atoms with Gasteiger partial charge in [0.25, 0.3) is 0 Å². The lowest BCUT2D eigenvalue weighted by molar-refractivity contribution is 0.102. The van der Waals surface area contributed by atoms with Crippen LogP contribution in [0.15, 0.2) is 30.6 Å². The van der Waals surface area contributed by atoms with Crippen molar-refractivity contribution in [3.8, 4) is 5.75 Å². The third-order valence-corrected chi connectivity index (χ3v) is 2.98. The fourth-order valence-electron chi connectivity index (χ4n) is 2.05. The molecular weight excluding hydrogens is 240 g/mol. The van der Waals surface area contributed by atoms with Crippen molar-refractivity contribution < 1.29 is 9.53 Å². The van der Waals surface area contributed by atoms with Gasteiger partial charge in [-0.1, -0.05) is 13.0 Å². The van der Waals surface area contributed by atoms with Gasteiger partial charge >= 0.3 is 0 Å². The average Bonchev–Trinajstić information content (AvgIpc) is 2.86. The minimum atomic E-state index is -0.102. The number of benzene rings is 1. The number of rotatable bonds is 5. The highest BCUT2D eigenvalue weighted by Gasteiger charge is 2.18. The molecule has 100 valence electrons. The van der Waals surface area contributed by atoms with Gasteiger partial charge in [0.1, 0.15) is 5.75 Å². The standard InChI is InChI=1S/C15H18N2O2/c1-4-8-17-9-7-16-15(17)14(18)12-6-5-11(2)10-13(12)19-3/h5-7,9-10H,4,8H2,1-3H3. The highest BCUT2D eigenvalue weighted by atomic mass is 16.5. The van der Waals surface area contributed by atoms with Crippen LogP contribution in [-0.2, 0) is 6.54 Å².